The Balaban J connectivity index is 2.18. The van der Waals surface area contributed by atoms with E-state index in [1.54, 1.807) is 20.8 Å². The van der Waals surface area contributed by atoms with E-state index in [2.05, 4.69) is 10.5 Å². The smallest absolute Gasteiger partial charge is 0.361 e. The summed E-state index contributed by atoms with van der Waals surface area (Å²) in [6, 6.07) is 1.51. The first-order chi connectivity index (χ1) is 11.1. The first kappa shape index (κ1) is 18.0. The molecule has 4 nitrogen and oxygen atoms in total. The maximum absolute atomic E-state index is 13.1. The van der Waals surface area contributed by atoms with E-state index in [4.69, 9.17) is 4.52 Å². The van der Waals surface area contributed by atoms with Crippen molar-refractivity contribution < 1.29 is 26.9 Å². The van der Waals surface area contributed by atoms with Crippen LogP contribution < -0.4 is 5.32 Å². The summed E-state index contributed by atoms with van der Waals surface area (Å²) in [6.45, 7) is 5.11. The molecular formula is C16H16F4N2O2. The van der Waals surface area contributed by atoms with Crippen LogP contribution in [-0.2, 0) is 12.6 Å². The van der Waals surface area contributed by atoms with Gasteiger partial charge in [0.1, 0.15) is 11.6 Å². The highest BCUT2D eigenvalue weighted by Gasteiger charge is 2.35. The summed E-state index contributed by atoms with van der Waals surface area (Å²) in [5.74, 6) is -1.38. The first-order valence-electron chi connectivity index (χ1n) is 7.19. The number of nitrogens with one attached hydrogen (secondary N) is 1. The van der Waals surface area contributed by atoms with Gasteiger partial charge in [0, 0.05) is 11.6 Å². The third kappa shape index (κ3) is 3.93. The molecule has 8 heteroatoms. The highest BCUT2D eigenvalue weighted by Crippen LogP contribution is 2.32. The maximum Gasteiger partial charge on any atom is 0.417 e. The van der Waals surface area contributed by atoms with Crippen LogP contribution in [0.4, 0.5) is 17.6 Å². The zero-order valence-electron chi connectivity index (χ0n) is 13.3. The van der Waals surface area contributed by atoms with E-state index in [9.17, 15) is 22.4 Å². The van der Waals surface area contributed by atoms with Gasteiger partial charge in [-0.25, -0.2) is 4.39 Å². The summed E-state index contributed by atoms with van der Waals surface area (Å²) in [4.78, 5) is 12.2. The van der Waals surface area contributed by atoms with Gasteiger partial charge in [-0.3, -0.25) is 4.79 Å². The van der Waals surface area contributed by atoms with E-state index < -0.39 is 35.1 Å². The van der Waals surface area contributed by atoms with E-state index in [0.29, 0.717) is 23.9 Å². The average Bonchev–Trinajstić information content (AvgIpc) is 2.78. The number of alkyl halides is 3. The quantitative estimate of drug-likeness (QED) is 0.858. The second-order valence-electron chi connectivity index (χ2n) is 5.57. The molecule has 24 heavy (non-hydrogen) atoms. The number of nitrogens with zero attached hydrogens (tertiary/aromatic N) is 1. The normalized spacial score (nSPS) is 13.0. The van der Waals surface area contributed by atoms with Gasteiger partial charge in [0.05, 0.1) is 16.8 Å². The molecule has 0 aliphatic heterocycles. The van der Waals surface area contributed by atoms with Crippen molar-refractivity contribution in [1.29, 1.82) is 0 Å². The lowest BCUT2D eigenvalue weighted by molar-refractivity contribution is -0.138. The highest BCUT2D eigenvalue weighted by atomic mass is 19.4. The predicted octanol–water partition coefficient (Wildman–Crippen LogP) is 3.81. The van der Waals surface area contributed by atoms with E-state index in [-0.39, 0.29) is 0 Å². The monoisotopic (exact) mass is 344 g/mol. The Morgan fingerprint density at radius 2 is 2.00 bits per heavy atom. The number of aromatic nitrogens is 1. The standard InChI is InChI=1S/C16H16F4N2O2/c1-8(6-13-9(2)22-24-10(13)3)21-15(23)12-5-4-11(17)7-14(12)16(18,19)20/h4-5,7-8H,6H2,1-3H3,(H,21,23)/t8-/m1/s1. The molecule has 0 bridgehead atoms. The van der Waals surface area contributed by atoms with Crippen LogP contribution in [0.1, 0.15) is 39.9 Å². The fourth-order valence-corrected chi connectivity index (χ4v) is 2.40. The molecule has 0 aliphatic rings. The van der Waals surface area contributed by atoms with Crippen LogP contribution in [-0.4, -0.2) is 17.1 Å². The highest BCUT2D eigenvalue weighted by molar-refractivity contribution is 5.96. The summed E-state index contributed by atoms with van der Waals surface area (Å²) in [6.07, 6.45) is -4.46. The predicted molar refractivity (Wildman–Crippen MR) is 78.0 cm³/mol. The zero-order valence-corrected chi connectivity index (χ0v) is 13.3. The van der Waals surface area contributed by atoms with Crippen LogP contribution in [0.25, 0.3) is 0 Å². The van der Waals surface area contributed by atoms with Gasteiger partial charge in [0.2, 0.25) is 0 Å². The number of halogens is 4. The molecule has 0 radical (unpaired) electrons. The van der Waals surface area contributed by atoms with Crippen LogP contribution >= 0.6 is 0 Å². The Labute approximate surface area is 135 Å². The van der Waals surface area contributed by atoms with E-state index in [0.717, 1.165) is 17.7 Å². The largest absolute Gasteiger partial charge is 0.417 e. The molecule has 130 valence electrons. The molecule has 0 saturated heterocycles. The summed E-state index contributed by atoms with van der Waals surface area (Å²) >= 11 is 0. The Bertz CT molecular complexity index is 734. The molecule has 0 saturated carbocycles. The molecule has 1 atom stereocenters. The van der Waals surface area contributed by atoms with Crippen LogP contribution in [0.2, 0.25) is 0 Å². The van der Waals surface area contributed by atoms with Gasteiger partial charge in [-0.2, -0.15) is 13.2 Å². The Hall–Kier alpha value is -2.38. The fraction of sp³-hybridized carbons (Fsp3) is 0.375. The van der Waals surface area contributed by atoms with Gasteiger partial charge in [0.15, 0.2) is 0 Å². The Kier molecular flexibility index (Phi) is 4.96. The van der Waals surface area contributed by atoms with Crippen molar-refractivity contribution in [3.05, 3.63) is 52.2 Å². The number of carbonyl (C=O) groups excluding carboxylic acids is 1. The first-order valence-corrected chi connectivity index (χ1v) is 7.19. The van der Waals surface area contributed by atoms with Gasteiger partial charge >= 0.3 is 6.18 Å². The Morgan fingerprint density at radius 1 is 1.33 bits per heavy atom. The second-order valence-corrected chi connectivity index (χ2v) is 5.57. The molecular weight excluding hydrogens is 328 g/mol. The summed E-state index contributed by atoms with van der Waals surface area (Å²) in [7, 11) is 0. The van der Waals surface area contributed by atoms with E-state index >= 15 is 0 Å². The number of hydrogen-bond donors (Lipinski definition) is 1. The summed E-state index contributed by atoms with van der Waals surface area (Å²) in [5, 5.41) is 6.27. The number of benzene rings is 1. The lowest BCUT2D eigenvalue weighted by atomic mass is 10.0. The van der Waals surface area contributed by atoms with Gasteiger partial charge in [0.25, 0.3) is 5.91 Å². The Morgan fingerprint density at radius 3 is 2.54 bits per heavy atom. The lowest BCUT2D eigenvalue weighted by Crippen LogP contribution is -2.35. The maximum atomic E-state index is 13.1. The van der Waals surface area contributed by atoms with Crippen molar-refractivity contribution in [1.82, 2.24) is 10.5 Å². The molecule has 1 heterocycles. The molecule has 1 N–H and O–H groups in total. The molecule has 2 aromatic rings. The average molecular weight is 344 g/mol. The summed E-state index contributed by atoms with van der Waals surface area (Å²) in [5.41, 5.74) is -0.469. The van der Waals surface area contributed by atoms with Crippen molar-refractivity contribution in [2.75, 3.05) is 0 Å². The van der Waals surface area contributed by atoms with Crippen LogP contribution in [0.15, 0.2) is 22.7 Å². The van der Waals surface area contributed by atoms with Gasteiger partial charge in [-0.05, 0) is 45.4 Å². The fourth-order valence-electron chi connectivity index (χ4n) is 2.40. The minimum Gasteiger partial charge on any atom is -0.361 e. The molecule has 1 amide bonds. The van der Waals surface area contributed by atoms with E-state index in [1.807, 2.05) is 0 Å². The molecule has 0 aliphatic carbocycles. The van der Waals surface area contributed by atoms with Crippen LogP contribution in [0.3, 0.4) is 0 Å². The number of amides is 1. The minimum atomic E-state index is -4.82. The molecule has 0 spiro atoms. The third-order valence-electron chi connectivity index (χ3n) is 3.60. The number of carbonyl (C=O) groups is 1. The molecule has 2 rings (SSSR count). The minimum absolute atomic E-state index is 0.313. The SMILES string of the molecule is Cc1noc(C)c1C[C@@H](C)NC(=O)c1ccc(F)cc1C(F)(F)F. The second kappa shape index (κ2) is 6.62. The lowest BCUT2D eigenvalue weighted by Gasteiger charge is -2.17. The third-order valence-corrected chi connectivity index (χ3v) is 3.60. The molecule has 1 aromatic heterocycles. The van der Waals surface area contributed by atoms with Crippen molar-refractivity contribution in [2.24, 2.45) is 0 Å². The van der Waals surface area contributed by atoms with Crippen LogP contribution in [0, 0.1) is 19.7 Å². The van der Waals surface area contributed by atoms with Crippen LogP contribution in [0.5, 0.6) is 0 Å². The van der Waals surface area contributed by atoms with Crippen molar-refractivity contribution in [3.63, 3.8) is 0 Å². The van der Waals surface area contributed by atoms with Crippen molar-refractivity contribution in [3.8, 4) is 0 Å². The van der Waals surface area contributed by atoms with Gasteiger partial charge in [-0.15, -0.1) is 0 Å². The van der Waals surface area contributed by atoms with Crippen molar-refractivity contribution >= 4 is 5.91 Å². The number of aryl methyl sites for hydroxylation is 2. The molecule has 1 aromatic carbocycles. The number of hydrogen-bond acceptors (Lipinski definition) is 3. The topological polar surface area (TPSA) is 55.1 Å². The zero-order chi connectivity index (χ0) is 18.1. The summed E-state index contributed by atoms with van der Waals surface area (Å²) < 4.78 is 57.0. The molecule has 0 fully saturated rings. The van der Waals surface area contributed by atoms with E-state index in [1.165, 1.54) is 0 Å². The van der Waals surface area contributed by atoms with Gasteiger partial charge in [-0.1, -0.05) is 5.16 Å². The number of rotatable bonds is 4. The van der Waals surface area contributed by atoms with Gasteiger partial charge < -0.3 is 9.84 Å². The van der Waals surface area contributed by atoms with Crippen molar-refractivity contribution in [2.45, 2.75) is 39.4 Å². The molecule has 0 unspecified atom stereocenters.